The molecule has 6 heteroatoms. The van der Waals surface area contributed by atoms with Crippen molar-refractivity contribution in [3.63, 3.8) is 0 Å². The minimum atomic E-state index is -0.209. The number of morpholine rings is 1. The predicted octanol–water partition coefficient (Wildman–Crippen LogP) is 3.62. The number of ether oxygens (including phenoxy) is 1. The number of hydrogen-bond acceptors (Lipinski definition) is 5. The van der Waals surface area contributed by atoms with Gasteiger partial charge in [-0.05, 0) is 75.3 Å². The SMILES string of the molecule is Cc1ncccc1-n1c(=O)nc(CCCCN2CCOCC2)c2ccc(C3CC3)cc21. The molecule has 0 N–H and O–H groups in total. The monoisotopic (exact) mass is 418 g/mol. The Morgan fingerprint density at radius 1 is 1.13 bits per heavy atom. The molecule has 0 amide bonds. The van der Waals surface area contributed by atoms with Crippen LogP contribution in [0.25, 0.3) is 16.6 Å². The van der Waals surface area contributed by atoms with E-state index in [9.17, 15) is 4.79 Å². The lowest BCUT2D eigenvalue weighted by molar-refractivity contribution is 0.0372. The molecule has 1 aliphatic carbocycles. The summed E-state index contributed by atoms with van der Waals surface area (Å²) in [5.41, 5.74) is 4.65. The second-order valence-electron chi connectivity index (χ2n) is 8.75. The van der Waals surface area contributed by atoms with Crippen LogP contribution >= 0.6 is 0 Å². The maximum Gasteiger partial charge on any atom is 0.352 e. The molecule has 3 aromatic rings. The maximum atomic E-state index is 13.2. The van der Waals surface area contributed by atoms with Crippen molar-refractivity contribution in [2.24, 2.45) is 0 Å². The van der Waals surface area contributed by atoms with E-state index in [1.807, 2.05) is 19.1 Å². The van der Waals surface area contributed by atoms with Gasteiger partial charge in [0.05, 0.1) is 35.8 Å². The Labute approximate surface area is 182 Å². The zero-order chi connectivity index (χ0) is 21.2. The molecule has 0 atom stereocenters. The van der Waals surface area contributed by atoms with Crippen molar-refractivity contribution in [3.05, 3.63) is 64.0 Å². The molecule has 1 saturated carbocycles. The Bertz CT molecular complexity index is 1130. The van der Waals surface area contributed by atoms with Crippen LogP contribution in [0.3, 0.4) is 0 Å². The summed E-state index contributed by atoms with van der Waals surface area (Å²) in [4.78, 5) is 24.6. The van der Waals surface area contributed by atoms with Gasteiger partial charge in [0.25, 0.3) is 0 Å². The van der Waals surface area contributed by atoms with E-state index < -0.39 is 0 Å². The molecule has 1 aromatic carbocycles. The second-order valence-corrected chi connectivity index (χ2v) is 8.75. The van der Waals surface area contributed by atoms with Gasteiger partial charge in [-0.1, -0.05) is 12.1 Å². The minimum absolute atomic E-state index is 0.209. The first-order chi connectivity index (χ1) is 15.2. The molecule has 2 aromatic heterocycles. The van der Waals surface area contributed by atoms with Crippen molar-refractivity contribution in [1.29, 1.82) is 0 Å². The minimum Gasteiger partial charge on any atom is -0.379 e. The lowest BCUT2D eigenvalue weighted by Gasteiger charge is -2.26. The third kappa shape index (κ3) is 4.41. The van der Waals surface area contributed by atoms with Crippen molar-refractivity contribution in [2.75, 3.05) is 32.8 Å². The molecule has 0 bridgehead atoms. The third-order valence-electron chi connectivity index (χ3n) is 6.51. The first-order valence-corrected chi connectivity index (χ1v) is 11.5. The summed E-state index contributed by atoms with van der Waals surface area (Å²) in [5.74, 6) is 0.632. The number of aryl methyl sites for hydroxylation is 2. The number of pyridine rings is 1. The van der Waals surface area contributed by atoms with E-state index in [1.54, 1.807) is 10.8 Å². The summed E-state index contributed by atoms with van der Waals surface area (Å²) in [6.45, 7) is 6.73. The van der Waals surface area contributed by atoms with Crippen LogP contribution in [0.2, 0.25) is 0 Å². The zero-order valence-corrected chi connectivity index (χ0v) is 18.2. The second kappa shape index (κ2) is 8.89. The number of rotatable bonds is 7. The molecule has 0 spiro atoms. The number of benzene rings is 1. The fourth-order valence-corrected chi connectivity index (χ4v) is 4.57. The van der Waals surface area contributed by atoms with E-state index in [1.165, 1.54) is 18.4 Å². The van der Waals surface area contributed by atoms with Crippen LogP contribution in [-0.2, 0) is 11.2 Å². The summed E-state index contributed by atoms with van der Waals surface area (Å²) in [6.07, 6.45) is 7.19. The van der Waals surface area contributed by atoms with Crippen molar-refractivity contribution in [1.82, 2.24) is 19.4 Å². The summed E-state index contributed by atoms with van der Waals surface area (Å²) >= 11 is 0. The van der Waals surface area contributed by atoms with Gasteiger partial charge in [-0.15, -0.1) is 0 Å². The Morgan fingerprint density at radius 3 is 2.74 bits per heavy atom. The normalized spacial score (nSPS) is 17.3. The van der Waals surface area contributed by atoms with Crippen LogP contribution < -0.4 is 5.69 Å². The van der Waals surface area contributed by atoms with Gasteiger partial charge in [-0.2, -0.15) is 4.98 Å². The van der Waals surface area contributed by atoms with Crippen LogP contribution in [-0.4, -0.2) is 52.3 Å². The van der Waals surface area contributed by atoms with Crippen molar-refractivity contribution in [2.45, 2.75) is 44.9 Å². The molecule has 162 valence electrons. The molecule has 6 nitrogen and oxygen atoms in total. The highest BCUT2D eigenvalue weighted by atomic mass is 16.5. The largest absolute Gasteiger partial charge is 0.379 e. The van der Waals surface area contributed by atoms with E-state index >= 15 is 0 Å². The summed E-state index contributed by atoms with van der Waals surface area (Å²) in [6, 6.07) is 10.4. The summed E-state index contributed by atoms with van der Waals surface area (Å²) in [7, 11) is 0. The fraction of sp³-hybridized carbons (Fsp3) is 0.480. The highest BCUT2D eigenvalue weighted by Gasteiger charge is 2.24. The summed E-state index contributed by atoms with van der Waals surface area (Å²) < 4.78 is 7.18. The standard InChI is InChI=1S/C25H30N4O2/c1-18-23(6-4-11-26-18)29-24-17-20(19-7-8-19)9-10-21(24)22(27-25(29)30)5-2-3-12-28-13-15-31-16-14-28/h4,6,9-11,17,19H,2-3,5,7-8,12-16H2,1H3. The Kier molecular flexibility index (Phi) is 5.83. The first kappa shape index (κ1) is 20.3. The fourth-order valence-electron chi connectivity index (χ4n) is 4.57. The molecule has 0 unspecified atom stereocenters. The molecule has 3 heterocycles. The molecule has 1 saturated heterocycles. The van der Waals surface area contributed by atoms with Crippen LogP contribution in [0.1, 0.15) is 48.6 Å². The molecular weight excluding hydrogens is 388 g/mol. The van der Waals surface area contributed by atoms with Gasteiger partial charge in [0.15, 0.2) is 0 Å². The van der Waals surface area contributed by atoms with Crippen molar-refractivity contribution < 1.29 is 4.74 Å². The molecule has 5 rings (SSSR count). The number of fused-ring (bicyclic) bond motifs is 1. The van der Waals surface area contributed by atoms with Gasteiger partial charge in [-0.3, -0.25) is 14.5 Å². The van der Waals surface area contributed by atoms with E-state index in [0.717, 1.165) is 80.1 Å². The van der Waals surface area contributed by atoms with E-state index in [0.29, 0.717) is 5.92 Å². The van der Waals surface area contributed by atoms with Gasteiger partial charge in [0.1, 0.15) is 0 Å². The van der Waals surface area contributed by atoms with Gasteiger partial charge in [0, 0.05) is 24.7 Å². The van der Waals surface area contributed by atoms with Gasteiger partial charge < -0.3 is 4.74 Å². The molecule has 2 fully saturated rings. The van der Waals surface area contributed by atoms with E-state index in [-0.39, 0.29) is 5.69 Å². The number of nitrogens with zero attached hydrogens (tertiary/aromatic N) is 4. The van der Waals surface area contributed by atoms with Crippen LogP contribution in [0.5, 0.6) is 0 Å². The molecule has 0 radical (unpaired) electrons. The lowest BCUT2D eigenvalue weighted by Crippen LogP contribution is -2.36. The average molecular weight is 419 g/mol. The molecule has 31 heavy (non-hydrogen) atoms. The molecule has 2 aliphatic rings. The quantitative estimate of drug-likeness (QED) is 0.549. The predicted molar refractivity (Wildman–Crippen MR) is 122 cm³/mol. The average Bonchev–Trinajstić information content (AvgIpc) is 3.63. The zero-order valence-electron chi connectivity index (χ0n) is 18.2. The van der Waals surface area contributed by atoms with Crippen LogP contribution in [0.15, 0.2) is 41.3 Å². The van der Waals surface area contributed by atoms with Gasteiger partial charge >= 0.3 is 5.69 Å². The van der Waals surface area contributed by atoms with E-state index in [2.05, 4.69) is 33.1 Å². The van der Waals surface area contributed by atoms with Gasteiger partial charge in [-0.25, -0.2) is 4.79 Å². The van der Waals surface area contributed by atoms with Crippen LogP contribution in [0.4, 0.5) is 0 Å². The highest BCUT2D eigenvalue weighted by molar-refractivity contribution is 5.84. The Morgan fingerprint density at radius 2 is 1.97 bits per heavy atom. The van der Waals surface area contributed by atoms with Gasteiger partial charge in [0.2, 0.25) is 0 Å². The third-order valence-corrected chi connectivity index (χ3v) is 6.51. The molecule has 1 aliphatic heterocycles. The molecular formula is C25H30N4O2. The highest BCUT2D eigenvalue weighted by Crippen LogP contribution is 2.41. The Balaban J connectivity index is 1.46. The smallest absolute Gasteiger partial charge is 0.352 e. The topological polar surface area (TPSA) is 60.2 Å². The van der Waals surface area contributed by atoms with Crippen LogP contribution in [0, 0.1) is 6.92 Å². The number of unbranched alkanes of at least 4 members (excludes halogenated alkanes) is 1. The lowest BCUT2D eigenvalue weighted by atomic mass is 10.0. The Hall–Kier alpha value is -2.57. The maximum absolute atomic E-state index is 13.2. The van der Waals surface area contributed by atoms with Crippen molar-refractivity contribution in [3.8, 4) is 5.69 Å². The number of aromatic nitrogens is 3. The first-order valence-electron chi connectivity index (χ1n) is 11.5. The van der Waals surface area contributed by atoms with E-state index in [4.69, 9.17) is 4.74 Å². The van der Waals surface area contributed by atoms with Crippen molar-refractivity contribution >= 4 is 10.9 Å². The number of hydrogen-bond donors (Lipinski definition) is 0. The summed E-state index contributed by atoms with van der Waals surface area (Å²) in [5, 5.41) is 1.08.